The number of hydrogen-bond acceptors (Lipinski definition) is 1. The molecule has 0 bridgehead atoms. The van der Waals surface area contributed by atoms with Gasteiger partial charge in [0.05, 0.1) is 15.2 Å². The highest BCUT2D eigenvalue weighted by molar-refractivity contribution is 9.10. The van der Waals surface area contributed by atoms with Gasteiger partial charge in [-0.25, -0.2) is 0 Å². The van der Waals surface area contributed by atoms with E-state index in [1.807, 2.05) is 6.92 Å². The zero-order valence-electron chi connectivity index (χ0n) is 10.0. The molecule has 0 unspecified atom stereocenters. The molecule has 0 atom stereocenters. The van der Waals surface area contributed by atoms with Gasteiger partial charge in [-0.05, 0) is 58.7 Å². The van der Waals surface area contributed by atoms with Crippen LogP contribution in [-0.2, 0) is 0 Å². The molecule has 5 heteroatoms. The summed E-state index contributed by atoms with van der Waals surface area (Å²) in [6.07, 6.45) is 0. The first kappa shape index (κ1) is 14.4. The first-order valence-electron chi connectivity index (χ1n) is 5.50. The normalized spacial score (nSPS) is 10.3. The predicted molar refractivity (Wildman–Crippen MR) is 83.3 cm³/mol. The zero-order valence-corrected chi connectivity index (χ0v) is 13.1. The number of hydrogen-bond donors (Lipinski definition) is 1. The minimum atomic E-state index is -0.206. The number of rotatable bonds is 2. The number of nitrogens with one attached hydrogen (secondary N) is 1. The Kier molecular flexibility index (Phi) is 4.50. The molecule has 0 aliphatic rings. The molecule has 1 N–H and O–H groups in total. The lowest BCUT2D eigenvalue weighted by atomic mass is 10.1. The van der Waals surface area contributed by atoms with Crippen molar-refractivity contribution >= 4 is 50.7 Å². The van der Waals surface area contributed by atoms with E-state index in [4.69, 9.17) is 23.2 Å². The number of benzene rings is 2. The molecule has 2 aromatic rings. The minimum absolute atomic E-state index is 0.206. The second kappa shape index (κ2) is 5.95. The van der Waals surface area contributed by atoms with E-state index in [1.54, 1.807) is 36.4 Å². The van der Waals surface area contributed by atoms with Crippen molar-refractivity contribution in [1.29, 1.82) is 0 Å². The van der Waals surface area contributed by atoms with Gasteiger partial charge >= 0.3 is 0 Å². The third-order valence-electron chi connectivity index (χ3n) is 2.62. The Hall–Kier alpha value is -1.03. The predicted octanol–water partition coefficient (Wildman–Crippen LogP) is 5.32. The zero-order chi connectivity index (χ0) is 14.0. The Morgan fingerprint density at radius 3 is 2.58 bits per heavy atom. The number of amides is 1. The monoisotopic (exact) mass is 357 g/mol. The Bertz CT molecular complexity index is 643. The van der Waals surface area contributed by atoms with Gasteiger partial charge in [0.2, 0.25) is 0 Å². The summed E-state index contributed by atoms with van der Waals surface area (Å²) in [5.41, 5.74) is 2.04. The van der Waals surface area contributed by atoms with Crippen molar-refractivity contribution in [2.24, 2.45) is 0 Å². The van der Waals surface area contributed by atoms with Crippen LogP contribution in [0.5, 0.6) is 0 Å². The number of halogens is 3. The van der Waals surface area contributed by atoms with Gasteiger partial charge in [-0.3, -0.25) is 4.79 Å². The molecule has 0 heterocycles. The van der Waals surface area contributed by atoms with Crippen molar-refractivity contribution in [1.82, 2.24) is 0 Å². The lowest BCUT2D eigenvalue weighted by Crippen LogP contribution is -2.12. The van der Waals surface area contributed by atoms with Gasteiger partial charge in [-0.1, -0.05) is 29.3 Å². The van der Waals surface area contributed by atoms with Crippen LogP contribution in [0.1, 0.15) is 15.9 Å². The Morgan fingerprint density at radius 1 is 1.16 bits per heavy atom. The van der Waals surface area contributed by atoms with Crippen LogP contribution in [0.15, 0.2) is 40.9 Å². The molecule has 2 rings (SSSR count). The molecular formula is C14H10BrCl2NO. The minimum Gasteiger partial charge on any atom is -0.321 e. The summed E-state index contributed by atoms with van der Waals surface area (Å²) in [7, 11) is 0. The third-order valence-corrected chi connectivity index (χ3v) is 4.44. The highest BCUT2D eigenvalue weighted by Gasteiger charge is 2.10. The molecule has 0 aromatic heterocycles. The van der Waals surface area contributed by atoms with Gasteiger partial charge in [-0.2, -0.15) is 0 Å². The van der Waals surface area contributed by atoms with Crippen LogP contribution in [-0.4, -0.2) is 5.91 Å². The fourth-order valence-electron chi connectivity index (χ4n) is 1.58. The summed E-state index contributed by atoms with van der Waals surface area (Å²) in [5.74, 6) is -0.206. The smallest absolute Gasteiger partial charge is 0.255 e. The first-order valence-corrected chi connectivity index (χ1v) is 7.05. The third kappa shape index (κ3) is 3.30. The van der Waals surface area contributed by atoms with E-state index in [0.717, 1.165) is 5.56 Å². The summed E-state index contributed by atoms with van der Waals surface area (Å²) in [6.45, 7) is 1.86. The Labute approximate surface area is 129 Å². The molecule has 0 spiro atoms. The van der Waals surface area contributed by atoms with Crippen LogP contribution in [0.25, 0.3) is 0 Å². The molecule has 0 fully saturated rings. The van der Waals surface area contributed by atoms with Crippen LogP contribution in [0.3, 0.4) is 0 Å². The fourth-order valence-corrected chi connectivity index (χ4v) is 2.24. The Balaban J connectivity index is 2.26. The molecule has 0 saturated heterocycles. The van der Waals surface area contributed by atoms with Crippen molar-refractivity contribution in [3.63, 3.8) is 0 Å². The molecule has 19 heavy (non-hydrogen) atoms. The van der Waals surface area contributed by atoms with Gasteiger partial charge in [0.15, 0.2) is 0 Å². The molecule has 1 amide bonds. The van der Waals surface area contributed by atoms with Gasteiger partial charge in [0.1, 0.15) is 0 Å². The molecule has 2 aromatic carbocycles. The van der Waals surface area contributed by atoms with Crippen LogP contribution < -0.4 is 5.32 Å². The number of carbonyl (C=O) groups excluding carboxylic acids is 1. The van der Waals surface area contributed by atoms with E-state index in [1.165, 1.54) is 0 Å². The average molecular weight is 359 g/mol. The maximum Gasteiger partial charge on any atom is 0.255 e. The van der Waals surface area contributed by atoms with Crippen molar-refractivity contribution in [3.8, 4) is 0 Å². The van der Waals surface area contributed by atoms with E-state index >= 15 is 0 Å². The van der Waals surface area contributed by atoms with Gasteiger partial charge < -0.3 is 5.32 Å². The topological polar surface area (TPSA) is 29.1 Å². The SMILES string of the molecule is Cc1cc(C(=O)Nc2cccc(Cl)c2Br)ccc1Cl. The fraction of sp³-hybridized carbons (Fsp3) is 0.0714. The van der Waals surface area contributed by atoms with Crippen LogP contribution in [0, 0.1) is 6.92 Å². The Morgan fingerprint density at radius 2 is 1.89 bits per heavy atom. The lowest BCUT2D eigenvalue weighted by Gasteiger charge is -2.09. The maximum atomic E-state index is 12.1. The molecule has 0 radical (unpaired) electrons. The van der Waals surface area contributed by atoms with Crippen LogP contribution in [0.2, 0.25) is 10.0 Å². The summed E-state index contributed by atoms with van der Waals surface area (Å²) >= 11 is 15.2. The van der Waals surface area contributed by atoms with Gasteiger partial charge in [0, 0.05) is 10.6 Å². The largest absolute Gasteiger partial charge is 0.321 e. The molecule has 0 saturated carbocycles. The second-order valence-electron chi connectivity index (χ2n) is 4.02. The van der Waals surface area contributed by atoms with E-state index in [9.17, 15) is 4.79 Å². The summed E-state index contributed by atoms with van der Waals surface area (Å²) in [4.78, 5) is 12.1. The van der Waals surface area contributed by atoms with Crippen LogP contribution in [0.4, 0.5) is 5.69 Å². The summed E-state index contributed by atoms with van der Waals surface area (Å²) < 4.78 is 0.663. The number of aryl methyl sites for hydroxylation is 1. The second-order valence-corrected chi connectivity index (χ2v) is 5.63. The highest BCUT2D eigenvalue weighted by atomic mass is 79.9. The van der Waals surface area contributed by atoms with Gasteiger partial charge in [0.25, 0.3) is 5.91 Å². The van der Waals surface area contributed by atoms with E-state index < -0.39 is 0 Å². The van der Waals surface area contributed by atoms with E-state index in [2.05, 4.69) is 21.2 Å². The van der Waals surface area contributed by atoms with Crippen molar-refractivity contribution in [3.05, 3.63) is 62.0 Å². The molecule has 2 nitrogen and oxygen atoms in total. The standard InChI is InChI=1S/C14H10BrCl2NO/c1-8-7-9(5-6-10(8)16)14(19)18-12-4-2-3-11(17)13(12)15/h2-7H,1H3,(H,18,19). The van der Waals surface area contributed by atoms with Crippen molar-refractivity contribution in [2.75, 3.05) is 5.32 Å². The first-order chi connectivity index (χ1) is 8.99. The molecule has 0 aliphatic heterocycles. The van der Waals surface area contributed by atoms with Crippen molar-refractivity contribution in [2.45, 2.75) is 6.92 Å². The van der Waals surface area contributed by atoms with Crippen LogP contribution >= 0.6 is 39.1 Å². The van der Waals surface area contributed by atoms with Gasteiger partial charge in [-0.15, -0.1) is 0 Å². The highest BCUT2D eigenvalue weighted by Crippen LogP contribution is 2.30. The van der Waals surface area contributed by atoms with Crippen molar-refractivity contribution < 1.29 is 4.79 Å². The quantitative estimate of drug-likeness (QED) is 0.773. The lowest BCUT2D eigenvalue weighted by molar-refractivity contribution is 0.102. The summed E-state index contributed by atoms with van der Waals surface area (Å²) in [6, 6.07) is 10.4. The molecule has 0 aliphatic carbocycles. The molecule has 98 valence electrons. The van der Waals surface area contributed by atoms with E-state index in [-0.39, 0.29) is 5.91 Å². The average Bonchev–Trinajstić information content (AvgIpc) is 2.38. The maximum absolute atomic E-state index is 12.1. The molecular weight excluding hydrogens is 349 g/mol. The van der Waals surface area contributed by atoms with E-state index in [0.29, 0.717) is 25.8 Å². The number of anilines is 1. The number of carbonyl (C=O) groups is 1. The summed E-state index contributed by atoms with van der Waals surface area (Å²) in [5, 5.41) is 3.99.